The molecule has 4 rings (SSSR count). The number of hydrogen-bond acceptors (Lipinski definition) is 4. The number of hydrogen-bond donors (Lipinski definition) is 0. The van der Waals surface area contributed by atoms with Crippen LogP contribution in [0.15, 0.2) is 79.1 Å². The minimum Gasteiger partial charge on any atom is -0.497 e. The third kappa shape index (κ3) is 4.53. The molecule has 5 nitrogen and oxygen atoms in total. The first-order chi connectivity index (χ1) is 15.0. The fourth-order valence-electron chi connectivity index (χ4n) is 3.08. The van der Waals surface area contributed by atoms with Gasteiger partial charge in [0.15, 0.2) is 5.82 Å². The molecule has 0 saturated carbocycles. The Balaban J connectivity index is 1.69. The second-order valence-corrected chi connectivity index (χ2v) is 6.65. The summed E-state index contributed by atoms with van der Waals surface area (Å²) in [5.74, 6) is 0.808. The van der Waals surface area contributed by atoms with Crippen molar-refractivity contribution in [2.75, 3.05) is 7.11 Å². The van der Waals surface area contributed by atoms with Crippen molar-refractivity contribution in [1.82, 2.24) is 14.8 Å². The van der Waals surface area contributed by atoms with Crippen molar-refractivity contribution in [2.45, 2.75) is 12.8 Å². The van der Waals surface area contributed by atoms with Gasteiger partial charge >= 0.3 is 6.18 Å². The van der Waals surface area contributed by atoms with E-state index in [4.69, 9.17) is 9.47 Å². The molecule has 0 unspecified atom stereocenters. The molecule has 2 aromatic heterocycles. The lowest BCUT2D eigenvalue weighted by Crippen LogP contribution is -2.12. The maximum Gasteiger partial charge on any atom is 0.420 e. The van der Waals surface area contributed by atoms with E-state index in [0.717, 1.165) is 16.3 Å². The zero-order valence-electron chi connectivity index (χ0n) is 16.5. The number of methoxy groups -OCH3 is 1. The molecule has 0 N–H and O–H groups in total. The molecular formula is C23H18F3N3O2. The summed E-state index contributed by atoms with van der Waals surface area (Å²) < 4.78 is 52.5. The first kappa shape index (κ1) is 20.5. The van der Waals surface area contributed by atoms with Gasteiger partial charge in [-0.1, -0.05) is 30.3 Å². The van der Waals surface area contributed by atoms with Crippen LogP contribution in [0.4, 0.5) is 13.2 Å². The topological polar surface area (TPSA) is 49.2 Å². The number of ether oxygens (including phenoxy) is 2. The van der Waals surface area contributed by atoms with Crippen LogP contribution in [0.5, 0.6) is 11.5 Å². The highest BCUT2D eigenvalue weighted by Crippen LogP contribution is 2.35. The lowest BCUT2D eigenvalue weighted by molar-refractivity contribution is -0.137. The molecule has 158 valence electrons. The smallest absolute Gasteiger partial charge is 0.420 e. The van der Waals surface area contributed by atoms with E-state index < -0.39 is 11.7 Å². The summed E-state index contributed by atoms with van der Waals surface area (Å²) in [6.45, 7) is 0.320. The summed E-state index contributed by atoms with van der Waals surface area (Å²) in [6, 6.07) is 18.7. The van der Waals surface area contributed by atoms with Crippen molar-refractivity contribution in [3.05, 3.63) is 90.3 Å². The molecule has 2 heterocycles. The van der Waals surface area contributed by atoms with E-state index in [2.05, 4.69) is 10.1 Å². The van der Waals surface area contributed by atoms with E-state index in [1.54, 1.807) is 31.4 Å². The molecule has 31 heavy (non-hydrogen) atoms. The molecule has 0 saturated heterocycles. The Bertz CT molecular complexity index is 1170. The predicted molar refractivity (Wildman–Crippen MR) is 109 cm³/mol. The Kier molecular flexibility index (Phi) is 5.62. The Morgan fingerprint density at radius 2 is 1.77 bits per heavy atom. The molecular weight excluding hydrogens is 407 g/mol. The van der Waals surface area contributed by atoms with Crippen LogP contribution < -0.4 is 9.47 Å². The summed E-state index contributed by atoms with van der Waals surface area (Å²) in [5.41, 5.74) is 1.19. The second-order valence-electron chi connectivity index (χ2n) is 6.65. The third-order valence-electron chi connectivity index (χ3n) is 4.60. The maximum atomic E-state index is 13.4. The highest BCUT2D eigenvalue weighted by Gasteiger charge is 2.35. The first-order valence-corrected chi connectivity index (χ1v) is 9.39. The van der Waals surface area contributed by atoms with Crippen molar-refractivity contribution in [3.8, 4) is 28.6 Å². The van der Waals surface area contributed by atoms with E-state index in [1.165, 1.54) is 18.5 Å². The van der Waals surface area contributed by atoms with Gasteiger partial charge in [-0.15, -0.1) is 0 Å². The van der Waals surface area contributed by atoms with Gasteiger partial charge in [0, 0.05) is 24.0 Å². The number of nitrogens with zero attached hydrogens (tertiary/aromatic N) is 3. The number of rotatable bonds is 6. The number of aromatic nitrogens is 3. The number of alkyl halides is 3. The molecule has 4 aromatic rings. The average Bonchev–Trinajstić information content (AvgIpc) is 3.27. The SMILES string of the molecule is COc1ccc(-c2ccn(-c3ncccc3C(F)(F)F)n2)c(OCc2ccccc2)c1. The number of pyridine rings is 1. The van der Waals surface area contributed by atoms with Crippen LogP contribution in [0, 0.1) is 0 Å². The monoisotopic (exact) mass is 425 g/mol. The van der Waals surface area contributed by atoms with Crippen LogP contribution in [0.25, 0.3) is 17.1 Å². The van der Waals surface area contributed by atoms with E-state index in [9.17, 15) is 13.2 Å². The van der Waals surface area contributed by atoms with E-state index in [-0.39, 0.29) is 5.82 Å². The van der Waals surface area contributed by atoms with Gasteiger partial charge in [0.05, 0.1) is 12.8 Å². The summed E-state index contributed by atoms with van der Waals surface area (Å²) in [4.78, 5) is 3.88. The Hall–Kier alpha value is -3.81. The van der Waals surface area contributed by atoms with Gasteiger partial charge in [-0.25, -0.2) is 9.67 Å². The van der Waals surface area contributed by atoms with Crippen LogP contribution in [0.1, 0.15) is 11.1 Å². The van der Waals surface area contributed by atoms with Crippen molar-refractivity contribution in [1.29, 1.82) is 0 Å². The van der Waals surface area contributed by atoms with Crippen LogP contribution >= 0.6 is 0 Å². The third-order valence-corrected chi connectivity index (χ3v) is 4.60. The summed E-state index contributed by atoms with van der Waals surface area (Å²) in [5, 5.41) is 4.33. The van der Waals surface area contributed by atoms with Crippen LogP contribution in [0.3, 0.4) is 0 Å². The average molecular weight is 425 g/mol. The maximum absolute atomic E-state index is 13.4. The molecule has 8 heteroatoms. The fraction of sp³-hybridized carbons (Fsp3) is 0.130. The number of halogens is 3. The fourth-order valence-corrected chi connectivity index (χ4v) is 3.08. The second kappa shape index (κ2) is 8.51. The van der Waals surface area contributed by atoms with E-state index >= 15 is 0 Å². The molecule has 0 aliphatic heterocycles. The molecule has 2 aromatic carbocycles. The van der Waals surface area contributed by atoms with Gasteiger partial charge in [0.1, 0.15) is 23.7 Å². The van der Waals surface area contributed by atoms with Crippen molar-refractivity contribution >= 4 is 0 Å². The minimum absolute atomic E-state index is 0.290. The summed E-state index contributed by atoms with van der Waals surface area (Å²) in [6.07, 6.45) is -1.80. The lowest BCUT2D eigenvalue weighted by Gasteiger charge is -2.13. The van der Waals surface area contributed by atoms with Crippen molar-refractivity contribution < 1.29 is 22.6 Å². The molecule has 0 radical (unpaired) electrons. The normalized spacial score (nSPS) is 11.4. The predicted octanol–water partition coefficient (Wildman–Crippen LogP) is 5.54. The first-order valence-electron chi connectivity index (χ1n) is 9.39. The van der Waals surface area contributed by atoms with Crippen LogP contribution in [-0.4, -0.2) is 21.9 Å². The zero-order valence-corrected chi connectivity index (χ0v) is 16.5. The van der Waals surface area contributed by atoms with E-state index in [1.807, 2.05) is 30.3 Å². The van der Waals surface area contributed by atoms with Crippen molar-refractivity contribution in [2.24, 2.45) is 0 Å². The molecule has 0 atom stereocenters. The Morgan fingerprint density at radius 1 is 0.968 bits per heavy atom. The lowest BCUT2D eigenvalue weighted by atomic mass is 10.1. The molecule has 0 bridgehead atoms. The molecule has 0 spiro atoms. The van der Waals surface area contributed by atoms with Gasteiger partial charge in [-0.05, 0) is 35.9 Å². The minimum atomic E-state index is -4.54. The molecule has 0 aliphatic carbocycles. The quantitative estimate of drug-likeness (QED) is 0.407. The van der Waals surface area contributed by atoms with Gasteiger partial charge in [-0.2, -0.15) is 18.3 Å². The summed E-state index contributed by atoms with van der Waals surface area (Å²) >= 11 is 0. The van der Waals surface area contributed by atoms with E-state index in [0.29, 0.717) is 29.4 Å². The van der Waals surface area contributed by atoms with Gasteiger partial charge < -0.3 is 9.47 Å². The molecule has 0 amide bonds. The van der Waals surface area contributed by atoms with Crippen LogP contribution in [0.2, 0.25) is 0 Å². The van der Waals surface area contributed by atoms with Crippen LogP contribution in [-0.2, 0) is 12.8 Å². The van der Waals surface area contributed by atoms with Crippen molar-refractivity contribution in [3.63, 3.8) is 0 Å². The Labute approximate surface area is 176 Å². The zero-order chi connectivity index (χ0) is 21.8. The standard InChI is InChI=1S/C23H18F3N3O2/c1-30-17-9-10-18(21(14-17)31-15-16-6-3-2-4-7-16)20-11-13-29(28-20)22-19(23(24,25)26)8-5-12-27-22/h2-14H,15H2,1H3. The van der Waals surface area contributed by atoms with Gasteiger partial charge in [0.2, 0.25) is 0 Å². The largest absolute Gasteiger partial charge is 0.497 e. The van der Waals surface area contributed by atoms with Gasteiger partial charge in [-0.3, -0.25) is 0 Å². The van der Waals surface area contributed by atoms with Gasteiger partial charge in [0.25, 0.3) is 0 Å². The number of benzene rings is 2. The molecule has 0 fully saturated rings. The molecule has 0 aliphatic rings. The highest BCUT2D eigenvalue weighted by molar-refractivity contribution is 5.68. The Morgan fingerprint density at radius 3 is 2.52 bits per heavy atom. The highest BCUT2D eigenvalue weighted by atomic mass is 19.4. The summed E-state index contributed by atoms with van der Waals surface area (Å²) in [7, 11) is 1.55.